The quantitative estimate of drug-likeness (QED) is 0.500. The highest BCUT2D eigenvalue weighted by atomic mass is 32.1. The Hall–Kier alpha value is -2.72. The highest BCUT2D eigenvalue weighted by Crippen LogP contribution is 2.34. The van der Waals surface area contributed by atoms with Crippen LogP contribution in [0.2, 0.25) is 0 Å². The molecular weight excluding hydrogens is 338 g/mol. The van der Waals surface area contributed by atoms with E-state index in [4.69, 9.17) is 9.97 Å². The maximum absolute atomic E-state index is 4.90. The lowest BCUT2D eigenvalue weighted by Gasteiger charge is -2.27. The molecule has 0 saturated heterocycles. The van der Waals surface area contributed by atoms with Crippen molar-refractivity contribution < 1.29 is 0 Å². The summed E-state index contributed by atoms with van der Waals surface area (Å²) in [5, 5.41) is 6.88. The lowest BCUT2D eigenvalue weighted by molar-refractivity contribution is 0.599. The summed E-state index contributed by atoms with van der Waals surface area (Å²) in [5.41, 5.74) is 3.84. The van der Waals surface area contributed by atoms with Crippen molar-refractivity contribution in [3.63, 3.8) is 0 Å². The molecule has 2 heterocycles. The molecule has 1 aliphatic rings. The molecule has 26 heavy (non-hydrogen) atoms. The Morgan fingerprint density at radius 2 is 1.81 bits per heavy atom. The molecule has 0 radical (unpaired) electrons. The van der Waals surface area contributed by atoms with Crippen molar-refractivity contribution in [1.29, 1.82) is 0 Å². The third kappa shape index (κ3) is 2.76. The number of hydrogen-bond acceptors (Lipinski definition) is 4. The van der Waals surface area contributed by atoms with Crippen molar-refractivity contribution in [2.75, 3.05) is 5.32 Å². The van der Waals surface area contributed by atoms with E-state index >= 15 is 0 Å². The number of aryl methyl sites for hydroxylation is 1. The Bertz CT molecular complexity index is 1060. The number of para-hydroxylation sites is 1. The number of thiophene rings is 1. The van der Waals surface area contributed by atoms with Gasteiger partial charge in [-0.05, 0) is 54.0 Å². The van der Waals surface area contributed by atoms with Gasteiger partial charge in [-0.25, -0.2) is 9.97 Å². The maximum atomic E-state index is 4.90. The molecule has 2 aromatic heterocycles. The summed E-state index contributed by atoms with van der Waals surface area (Å²) in [4.78, 5) is 10.8. The van der Waals surface area contributed by atoms with Crippen LogP contribution < -0.4 is 5.32 Å². The van der Waals surface area contributed by atoms with Crippen LogP contribution in [0, 0.1) is 0 Å². The van der Waals surface area contributed by atoms with E-state index in [1.54, 1.807) is 11.3 Å². The van der Waals surface area contributed by atoms with Gasteiger partial charge >= 0.3 is 0 Å². The Balaban J connectivity index is 1.61. The van der Waals surface area contributed by atoms with Crippen molar-refractivity contribution in [2.24, 2.45) is 0 Å². The third-order valence-corrected chi connectivity index (χ3v) is 5.89. The molecule has 0 fully saturated rings. The van der Waals surface area contributed by atoms with E-state index in [2.05, 4.69) is 59.2 Å². The van der Waals surface area contributed by atoms with E-state index < -0.39 is 0 Å². The first-order valence-corrected chi connectivity index (χ1v) is 9.91. The van der Waals surface area contributed by atoms with E-state index in [9.17, 15) is 0 Å². The molecule has 0 bridgehead atoms. The molecule has 4 heteroatoms. The predicted molar refractivity (Wildman–Crippen MR) is 109 cm³/mol. The van der Waals surface area contributed by atoms with Gasteiger partial charge in [-0.1, -0.05) is 42.5 Å². The number of rotatable bonds is 3. The minimum atomic E-state index is 0.300. The average Bonchev–Trinajstić information content (AvgIpc) is 3.23. The van der Waals surface area contributed by atoms with Gasteiger partial charge in [0.25, 0.3) is 0 Å². The molecule has 3 nitrogen and oxygen atoms in total. The van der Waals surface area contributed by atoms with Crippen LogP contribution in [0.15, 0.2) is 66.0 Å². The molecule has 5 rings (SSSR count). The molecule has 4 aromatic rings. The van der Waals surface area contributed by atoms with E-state index in [0.29, 0.717) is 6.04 Å². The number of nitrogens with one attached hydrogen (secondary N) is 1. The number of anilines is 1. The fourth-order valence-corrected chi connectivity index (χ4v) is 4.43. The second-order valence-electron chi connectivity index (χ2n) is 6.68. The van der Waals surface area contributed by atoms with Gasteiger partial charge in [0.05, 0.1) is 16.4 Å². The number of nitrogens with zero attached hydrogens (tertiary/aromatic N) is 2. The molecular formula is C22H19N3S. The number of aromatic nitrogens is 2. The second kappa shape index (κ2) is 6.54. The zero-order valence-corrected chi connectivity index (χ0v) is 15.2. The van der Waals surface area contributed by atoms with E-state index in [1.807, 2.05) is 12.1 Å². The van der Waals surface area contributed by atoms with Crippen LogP contribution in [0.25, 0.3) is 21.6 Å². The van der Waals surface area contributed by atoms with Crippen LogP contribution in [-0.2, 0) is 6.42 Å². The number of hydrogen-bond donors (Lipinski definition) is 1. The van der Waals surface area contributed by atoms with Crippen LogP contribution in [0.4, 0.5) is 5.82 Å². The number of benzene rings is 2. The Morgan fingerprint density at radius 1 is 0.923 bits per heavy atom. The van der Waals surface area contributed by atoms with Crippen molar-refractivity contribution in [3.8, 4) is 10.7 Å². The van der Waals surface area contributed by atoms with Crippen LogP contribution >= 0.6 is 11.3 Å². The van der Waals surface area contributed by atoms with Gasteiger partial charge in [0.15, 0.2) is 5.82 Å². The summed E-state index contributed by atoms with van der Waals surface area (Å²) in [6.07, 6.45) is 3.50. The summed E-state index contributed by atoms with van der Waals surface area (Å²) in [7, 11) is 0. The molecule has 0 amide bonds. The first kappa shape index (κ1) is 15.5. The van der Waals surface area contributed by atoms with Crippen molar-refractivity contribution in [3.05, 3.63) is 77.2 Å². The number of fused-ring (bicyclic) bond motifs is 2. The summed E-state index contributed by atoms with van der Waals surface area (Å²) >= 11 is 1.68. The van der Waals surface area contributed by atoms with Crippen LogP contribution in [0.1, 0.15) is 30.0 Å². The van der Waals surface area contributed by atoms with Crippen LogP contribution in [0.5, 0.6) is 0 Å². The van der Waals surface area contributed by atoms with E-state index in [-0.39, 0.29) is 0 Å². The third-order valence-electron chi connectivity index (χ3n) is 5.03. The molecule has 1 aliphatic carbocycles. The Labute approximate surface area is 156 Å². The molecule has 0 saturated carbocycles. The van der Waals surface area contributed by atoms with Gasteiger partial charge in [0.2, 0.25) is 0 Å². The molecule has 0 aliphatic heterocycles. The molecule has 2 aromatic carbocycles. The fraction of sp³-hybridized carbons (Fsp3) is 0.182. The molecule has 1 atom stereocenters. The first-order valence-electron chi connectivity index (χ1n) is 9.03. The fourth-order valence-electron chi connectivity index (χ4n) is 3.77. The minimum Gasteiger partial charge on any atom is -0.363 e. The Morgan fingerprint density at radius 3 is 2.73 bits per heavy atom. The largest absolute Gasteiger partial charge is 0.363 e. The van der Waals surface area contributed by atoms with Gasteiger partial charge in [0.1, 0.15) is 5.82 Å². The topological polar surface area (TPSA) is 37.8 Å². The summed E-state index contributed by atoms with van der Waals surface area (Å²) in [5.74, 6) is 1.73. The second-order valence-corrected chi connectivity index (χ2v) is 7.63. The van der Waals surface area contributed by atoms with Crippen molar-refractivity contribution in [1.82, 2.24) is 9.97 Å². The summed E-state index contributed by atoms with van der Waals surface area (Å²) < 4.78 is 0. The monoisotopic (exact) mass is 357 g/mol. The lowest BCUT2D eigenvalue weighted by Crippen LogP contribution is -2.18. The zero-order valence-electron chi connectivity index (χ0n) is 14.4. The normalized spacial score (nSPS) is 16.4. The summed E-state index contributed by atoms with van der Waals surface area (Å²) in [6.45, 7) is 0. The minimum absolute atomic E-state index is 0.300. The van der Waals surface area contributed by atoms with Gasteiger partial charge < -0.3 is 5.32 Å². The van der Waals surface area contributed by atoms with Gasteiger partial charge in [0, 0.05) is 5.39 Å². The predicted octanol–water partition coefficient (Wildman–Crippen LogP) is 5.85. The lowest BCUT2D eigenvalue weighted by atomic mass is 9.88. The van der Waals surface area contributed by atoms with Crippen LogP contribution in [0.3, 0.4) is 0 Å². The van der Waals surface area contributed by atoms with Crippen molar-refractivity contribution in [2.45, 2.75) is 25.3 Å². The van der Waals surface area contributed by atoms with Crippen molar-refractivity contribution >= 4 is 28.1 Å². The summed E-state index contributed by atoms with van der Waals surface area (Å²) in [6, 6.07) is 21.4. The Kier molecular flexibility index (Phi) is 3.91. The van der Waals surface area contributed by atoms with E-state index in [0.717, 1.165) is 33.8 Å². The smallest absolute Gasteiger partial charge is 0.172 e. The van der Waals surface area contributed by atoms with Gasteiger partial charge in [-0.15, -0.1) is 11.3 Å². The van der Waals surface area contributed by atoms with E-state index in [1.165, 1.54) is 24.0 Å². The highest BCUT2D eigenvalue weighted by molar-refractivity contribution is 7.13. The molecule has 1 N–H and O–H groups in total. The first-order chi connectivity index (χ1) is 12.9. The zero-order chi connectivity index (χ0) is 17.3. The molecule has 128 valence electrons. The van der Waals surface area contributed by atoms with Crippen LogP contribution in [-0.4, -0.2) is 9.97 Å². The molecule has 0 spiro atoms. The van der Waals surface area contributed by atoms with Gasteiger partial charge in [-0.3, -0.25) is 0 Å². The standard InChI is InChI=1S/C22H19N3S/c1-2-9-16-15(7-1)8-5-12-18(16)23-21-17-10-3-4-11-19(17)24-22(25-21)20-13-6-14-26-20/h1-4,6-7,9-11,13-14,18H,5,8,12H2,(H,23,24,25). The molecule has 1 unspecified atom stereocenters. The highest BCUT2D eigenvalue weighted by Gasteiger charge is 2.21. The van der Waals surface area contributed by atoms with Gasteiger partial charge in [-0.2, -0.15) is 0 Å². The maximum Gasteiger partial charge on any atom is 0.172 e. The average molecular weight is 357 g/mol. The SMILES string of the molecule is c1csc(-c2nc(NC3CCCc4ccccc43)c3ccccc3n2)c1.